The highest BCUT2D eigenvalue weighted by Gasteiger charge is 2.28. The van der Waals surface area contributed by atoms with Gasteiger partial charge in [-0.25, -0.2) is 12.8 Å². The van der Waals surface area contributed by atoms with Crippen LogP contribution < -0.4 is 5.32 Å². The monoisotopic (exact) mass is 437 g/mol. The standard InChI is InChI=1S/C20H24FN3O5S/c21-16-7-5-6-15(12-16)20(25)14-22-18-9-8-17(13-19(18)24(26)27)30(28,29)23-10-3-1-2-4-11-23/h5-9,12-13,20,22,25H,1-4,10-11,14H2. The van der Waals surface area contributed by atoms with Crippen LogP contribution in [0.3, 0.4) is 0 Å². The molecule has 1 aliphatic heterocycles. The molecule has 2 aromatic carbocycles. The van der Waals surface area contributed by atoms with Crippen molar-refractivity contribution in [3.8, 4) is 0 Å². The molecule has 2 N–H and O–H groups in total. The summed E-state index contributed by atoms with van der Waals surface area (Å²) in [5, 5.41) is 24.5. The largest absolute Gasteiger partial charge is 0.387 e. The summed E-state index contributed by atoms with van der Waals surface area (Å²) in [6.45, 7) is 0.689. The smallest absolute Gasteiger partial charge is 0.293 e. The number of hydrogen-bond acceptors (Lipinski definition) is 6. The molecule has 162 valence electrons. The second kappa shape index (κ2) is 9.50. The first kappa shape index (κ1) is 22.1. The van der Waals surface area contributed by atoms with Crippen molar-refractivity contribution >= 4 is 21.4 Å². The molecular weight excluding hydrogens is 413 g/mol. The summed E-state index contributed by atoms with van der Waals surface area (Å²) < 4.78 is 40.5. The number of nitro groups is 1. The van der Waals surface area contributed by atoms with Crippen molar-refractivity contribution in [3.05, 3.63) is 64.0 Å². The molecule has 2 aromatic rings. The van der Waals surface area contributed by atoms with Crippen molar-refractivity contribution < 1.29 is 22.8 Å². The van der Waals surface area contributed by atoms with Gasteiger partial charge in [0.25, 0.3) is 5.69 Å². The molecule has 0 radical (unpaired) electrons. The molecule has 8 nitrogen and oxygen atoms in total. The van der Waals surface area contributed by atoms with Crippen molar-refractivity contribution in [2.45, 2.75) is 36.7 Å². The zero-order valence-electron chi connectivity index (χ0n) is 16.3. The molecule has 0 amide bonds. The third-order valence-electron chi connectivity index (χ3n) is 5.09. The van der Waals surface area contributed by atoms with Gasteiger partial charge in [0, 0.05) is 25.7 Å². The lowest BCUT2D eigenvalue weighted by Gasteiger charge is -2.20. The minimum absolute atomic E-state index is 0.0743. The maximum Gasteiger partial charge on any atom is 0.293 e. The number of aliphatic hydroxyl groups is 1. The quantitative estimate of drug-likeness (QED) is 0.507. The van der Waals surface area contributed by atoms with Gasteiger partial charge in [0.15, 0.2) is 0 Å². The van der Waals surface area contributed by atoms with Crippen LogP contribution in [0, 0.1) is 15.9 Å². The van der Waals surface area contributed by atoms with Crippen molar-refractivity contribution in [2.75, 3.05) is 25.0 Å². The van der Waals surface area contributed by atoms with Gasteiger partial charge < -0.3 is 10.4 Å². The lowest BCUT2D eigenvalue weighted by atomic mass is 10.1. The van der Waals surface area contributed by atoms with Crippen LogP contribution in [0.25, 0.3) is 0 Å². The van der Waals surface area contributed by atoms with Crippen LogP contribution in [0.5, 0.6) is 0 Å². The molecule has 30 heavy (non-hydrogen) atoms. The van der Waals surface area contributed by atoms with Crippen LogP contribution in [-0.4, -0.2) is 42.4 Å². The lowest BCUT2D eigenvalue weighted by Crippen LogP contribution is -2.32. The van der Waals surface area contributed by atoms with Crippen molar-refractivity contribution in [3.63, 3.8) is 0 Å². The first-order chi connectivity index (χ1) is 14.3. The van der Waals surface area contributed by atoms with Crippen LogP contribution in [-0.2, 0) is 10.0 Å². The Bertz CT molecular complexity index is 1010. The van der Waals surface area contributed by atoms with Gasteiger partial charge in [0.1, 0.15) is 11.5 Å². The Hall–Kier alpha value is -2.56. The number of nitrogens with zero attached hydrogens (tertiary/aromatic N) is 2. The van der Waals surface area contributed by atoms with Crippen LogP contribution >= 0.6 is 0 Å². The maximum absolute atomic E-state index is 13.3. The molecule has 10 heteroatoms. The summed E-state index contributed by atoms with van der Waals surface area (Å²) in [7, 11) is -3.83. The predicted octanol–water partition coefficient (Wildman–Crippen LogP) is 3.44. The topological polar surface area (TPSA) is 113 Å². The summed E-state index contributed by atoms with van der Waals surface area (Å²) in [6.07, 6.45) is 2.35. The summed E-state index contributed by atoms with van der Waals surface area (Å²) in [5.41, 5.74) is -0.00637. The Labute approximate surface area is 174 Å². The van der Waals surface area contributed by atoms with E-state index in [1.54, 1.807) is 6.07 Å². The third kappa shape index (κ3) is 5.13. The maximum atomic E-state index is 13.3. The number of hydrogen-bond donors (Lipinski definition) is 2. The zero-order chi connectivity index (χ0) is 21.7. The molecule has 1 fully saturated rings. The van der Waals surface area contributed by atoms with E-state index in [-0.39, 0.29) is 17.1 Å². The second-order valence-corrected chi connectivity index (χ2v) is 9.14. The van der Waals surface area contributed by atoms with E-state index in [1.165, 1.54) is 34.6 Å². The molecule has 0 aromatic heterocycles. The molecule has 1 saturated heterocycles. The van der Waals surface area contributed by atoms with Gasteiger partial charge in [-0.2, -0.15) is 4.31 Å². The number of halogens is 1. The van der Waals surface area contributed by atoms with Gasteiger partial charge in [0.2, 0.25) is 10.0 Å². The Balaban J connectivity index is 1.80. The van der Waals surface area contributed by atoms with Gasteiger partial charge in [-0.05, 0) is 42.7 Å². The fourth-order valence-electron chi connectivity index (χ4n) is 3.44. The Kier molecular flexibility index (Phi) is 7.01. The summed E-state index contributed by atoms with van der Waals surface area (Å²) in [5.74, 6) is -0.499. The van der Waals surface area contributed by atoms with Gasteiger partial charge in [-0.3, -0.25) is 10.1 Å². The molecular formula is C20H24FN3O5S. The molecule has 1 heterocycles. The van der Waals surface area contributed by atoms with E-state index in [2.05, 4.69) is 5.32 Å². The molecule has 0 saturated carbocycles. The van der Waals surface area contributed by atoms with E-state index in [4.69, 9.17) is 0 Å². The molecule has 1 aliphatic rings. The molecule has 3 rings (SSSR count). The van der Waals surface area contributed by atoms with Gasteiger partial charge in [0.05, 0.1) is 15.9 Å². The Morgan fingerprint density at radius 3 is 2.47 bits per heavy atom. The van der Waals surface area contributed by atoms with Crippen LogP contribution in [0.2, 0.25) is 0 Å². The first-order valence-electron chi connectivity index (χ1n) is 9.75. The third-order valence-corrected chi connectivity index (χ3v) is 6.98. The van der Waals surface area contributed by atoms with Crippen molar-refractivity contribution in [1.29, 1.82) is 0 Å². The highest BCUT2D eigenvalue weighted by atomic mass is 32.2. The van der Waals surface area contributed by atoms with E-state index < -0.39 is 32.6 Å². The SMILES string of the molecule is O=[N+]([O-])c1cc(S(=O)(=O)N2CCCCCC2)ccc1NCC(O)c1cccc(F)c1. The molecule has 0 spiro atoms. The lowest BCUT2D eigenvalue weighted by molar-refractivity contribution is -0.384. The fraction of sp³-hybridized carbons (Fsp3) is 0.400. The average Bonchev–Trinajstić information content (AvgIpc) is 3.02. The Morgan fingerprint density at radius 2 is 1.83 bits per heavy atom. The van der Waals surface area contributed by atoms with Crippen LogP contribution in [0.4, 0.5) is 15.8 Å². The van der Waals surface area contributed by atoms with Gasteiger partial charge >= 0.3 is 0 Å². The second-order valence-electron chi connectivity index (χ2n) is 7.21. The molecule has 0 aliphatic carbocycles. The first-order valence-corrected chi connectivity index (χ1v) is 11.2. The number of benzene rings is 2. The summed E-state index contributed by atoms with van der Waals surface area (Å²) in [6, 6.07) is 9.11. The van der Waals surface area contributed by atoms with E-state index >= 15 is 0 Å². The van der Waals surface area contributed by atoms with Gasteiger partial charge in [-0.1, -0.05) is 25.0 Å². The highest BCUT2D eigenvalue weighted by Crippen LogP contribution is 2.30. The van der Waals surface area contributed by atoms with E-state index in [9.17, 15) is 28.0 Å². The minimum Gasteiger partial charge on any atom is -0.387 e. The predicted molar refractivity (Wildman–Crippen MR) is 110 cm³/mol. The number of nitro benzene ring substituents is 1. The summed E-state index contributed by atoms with van der Waals surface area (Å²) in [4.78, 5) is 10.7. The fourth-order valence-corrected chi connectivity index (χ4v) is 4.98. The minimum atomic E-state index is -3.83. The number of aliphatic hydroxyl groups excluding tert-OH is 1. The molecule has 1 unspecified atom stereocenters. The van der Waals surface area contributed by atoms with E-state index in [0.717, 1.165) is 31.7 Å². The van der Waals surface area contributed by atoms with Crippen molar-refractivity contribution in [1.82, 2.24) is 4.31 Å². The van der Waals surface area contributed by atoms with E-state index in [0.29, 0.717) is 18.7 Å². The number of anilines is 1. The number of nitrogens with one attached hydrogen (secondary N) is 1. The van der Waals surface area contributed by atoms with Gasteiger partial charge in [-0.15, -0.1) is 0 Å². The number of sulfonamides is 1. The number of rotatable bonds is 7. The molecule has 0 bridgehead atoms. The van der Waals surface area contributed by atoms with Crippen molar-refractivity contribution in [2.24, 2.45) is 0 Å². The summed E-state index contributed by atoms with van der Waals surface area (Å²) >= 11 is 0. The average molecular weight is 437 g/mol. The normalized spacial score (nSPS) is 16.6. The van der Waals surface area contributed by atoms with E-state index in [1.807, 2.05) is 0 Å². The highest BCUT2D eigenvalue weighted by molar-refractivity contribution is 7.89. The Morgan fingerprint density at radius 1 is 1.13 bits per heavy atom. The van der Waals surface area contributed by atoms with Crippen LogP contribution in [0.1, 0.15) is 37.4 Å². The molecule has 1 atom stereocenters. The van der Waals surface area contributed by atoms with Crippen LogP contribution in [0.15, 0.2) is 47.4 Å². The zero-order valence-corrected chi connectivity index (χ0v) is 17.1.